The molecular formula is C15H23ClN2. The van der Waals surface area contributed by atoms with Gasteiger partial charge in [-0.15, -0.1) is 0 Å². The first-order valence-corrected chi connectivity index (χ1v) is 7.51. The van der Waals surface area contributed by atoms with Gasteiger partial charge < -0.3 is 0 Å². The Bertz CT molecular complexity index is 415. The van der Waals surface area contributed by atoms with E-state index in [1.54, 1.807) is 0 Å². The van der Waals surface area contributed by atoms with E-state index < -0.39 is 0 Å². The zero-order chi connectivity index (χ0) is 13.1. The van der Waals surface area contributed by atoms with Crippen molar-refractivity contribution in [2.24, 2.45) is 5.92 Å². The molecule has 0 N–H and O–H groups in total. The molecule has 1 atom stereocenters. The molecule has 0 aliphatic heterocycles. The minimum absolute atomic E-state index is 0.399. The number of hydrogen-bond donors (Lipinski definition) is 0. The molecule has 0 bridgehead atoms. The van der Waals surface area contributed by atoms with E-state index in [1.165, 1.54) is 30.5 Å². The second-order valence-electron chi connectivity index (χ2n) is 5.89. The van der Waals surface area contributed by atoms with Crippen molar-refractivity contribution in [2.75, 3.05) is 0 Å². The molecule has 0 saturated heterocycles. The lowest BCUT2D eigenvalue weighted by atomic mass is 9.98. The predicted octanol–water partition coefficient (Wildman–Crippen LogP) is 4.55. The van der Waals surface area contributed by atoms with Crippen LogP contribution in [0, 0.1) is 5.92 Å². The first-order valence-electron chi connectivity index (χ1n) is 7.13. The summed E-state index contributed by atoms with van der Waals surface area (Å²) in [5.74, 6) is 2.01. The number of hydrogen-bond acceptors (Lipinski definition) is 2. The van der Waals surface area contributed by atoms with Crippen LogP contribution in [0.5, 0.6) is 0 Å². The average Bonchev–Trinajstić information content (AvgIpc) is 2.53. The highest BCUT2D eigenvalue weighted by atomic mass is 35.5. The maximum atomic E-state index is 6.35. The molecule has 0 amide bonds. The van der Waals surface area contributed by atoms with Crippen LogP contribution < -0.4 is 0 Å². The highest BCUT2D eigenvalue weighted by Crippen LogP contribution is 2.28. The third-order valence-corrected chi connectivity index (χ3v) is 3.98. The molecule has 0 spiro atoms. The molecule has 3 heteroatoms. The first-order chi connectivity index (χ1) is 8.58. The second-order valence-corrected chi connectivity index (χ2v) is 6.25. The Morgan fingerprint density at radius 1 is 1.06 bits per heavy atom. The summed E-state index contributed by atoms with van der Waals surface area (Å²) in [5, 5.41) is 0.701. The summed E-state index contributed by atoms with van der Waals surface area (Å²) in [5.41, 5.74) is 2.41. The number of aryl methyl sites for hydroxylation is 1. The van der Waals surface area contributed by atoms with Crippen molar-refractivity contribution in [2.45, 2.75) is 65.2 Å². The lowest BCUT2D eigenvalue weighted by Crippen LogP contribution is -2.09. The van der Waals surface area contributed by atoms with Gasteiger partial charge in [0.05, 0.1) is 0 Å². The summed E-state index contributed by atoms with van der Waals surface area (Å²) in [6.45, 7) is 6.68. The van der Waals surface area contributed by atoms with Crippen molar-refractivity contribution in [3.05, 3.63) is 22.2 Å². The normalized spacial score (nSPS) is 17.4. The van der Waals surface area contributed by atoms with Crippen molar-refractivity contribution < 1.29 is 0 Å². The van der Waals surface area contributed by atoms with Crippen LogP contribution in [0.15, 0.2) is 0 Å². The Kier molecular flexibility index (Phi) is 4.60. The van der Waals surface area contributed by atoms with Crippen LogP contribution in [-0.2, 0) is 12.8 Å². The average molecular weight is 267 g/mol. The molecule has 2 nitrogen and oxygen atoms in total. The van der Waals surface area contributed by atoms with Gasteiger partial charge in [0.25, 0.3) is 0 Å². The maximum Gasteiger partial charge on any atom is 0.136 e. The van der Waals surface area contributed by atoms with Gasteiger partial charge in [-0.3, -0.25) is 0 Å². The molecule has 0 fully saturated rings. The highest BCUT2D eigenvalue weighted by molar-refractivity contribution is 6.30. The van der Waals surface area contributed by atoms with E-state index in [0.717, 1.165) is 25.1 Å². The molecule has 1 aromatic rings. The number of halogens is 1. The van der Waals surface area contributed by atoms with Crippen molar-refractivity contribution in [1.82, 2.24) is 9.97 Å². The second kappa shape index (κ2) is 6.01. The Morgan fingerprint density at radius 3 is 2.50 bits per heavy atom. The Labute approximate surface area is 115 Å². The molecule has 1 unspecified atom stereocenters. The van der Waals surface area contributed by atoms with Gasteiger partial charge in [0.15, 0.2) is 0 Å². The lowest BCUT2D eigenvalue weighted by molar-refractivity contribution is 0.505. The third kappa shape index (κ3) is 3.23. The molecule has 2 rings (SSSR count). The van der Waals surface area contributed by atoms with E-state index in [0.29, 0.717) is 17.0 Å². The fourth-order valence-electron chi connectivity index (χ4n) is 2.78. The number of nitrogens with zero attached hydrogens (tertiary/aromatic N) is 2. The summed E-state index contributed by atoms with van der Waals surface area (Å²) in [6, 6.07) is 0. The minimum Gasteiger partial charge on any atom is -0.237 e. The SMILES string of the molecule is CC(C)CC(C)c1nc(Cl)c2c(n1)CCCCC2. The number of rotatable bonds is 3. The smallest absolute Gasteiger partial charge is 0.136 e. The largest absolute Gasteiger partial charge is 0.237 e. The summed E-state index contributed by atoms with van der Waals surface area (Å²) >= 11 is 6.35. The standard InChI is InChI=1S/C15H23ClN2/c1-10(2)9-11(3)15-17-13-8-6-4-5-7-12(13)14(16)18-15/h10-11H,4-9H2,1-3H3. The van der Waals surface area contributed by atoms with Gasteiger partial charge in [0.2, 0.25) is 0 Å². The number of aromatic nitrogens is 2. The first kappa shape index (κ1) is 13.8. The lowest BCUT2D eigenvalue weighted by Gasteiger charge is -2.15. The van der Waals surface area contributed by atoms with Crippen LogP contribution in [0.2, 0.25) is 5.15 Å². The molecule has 0 radical (unpaired) electrons. The van der Waals surface area contributed by atoms with E-state index in [9.17, 15) is 0 Å². The summed E-state index contributed by atoms with van der Waals surface area (Å²) in [7, 11) is 0. The number of fused-ring (bicyclic) bond motifs is 1. The van der Waals surface area contributed by atoms with Crippen LogP contribution in [0.25, 0.3) is 0 Å². The predicted molar refractivity (Wildman–Crippen MR) is 76.2 cm³/mol. The highest BCUT2D eigenvalue weighted by Gasteiger charge is 2.18. The van der Waals surface area contributed by atoms with Crippen LogP contribution in [0.3, 0.4) is 0 Å². The van der Waals surface area contributed by atoms with Gasteiger partial charge in [-0.2, -0.15) is 0 Å². The summed E-state index contributed by atoms with van der Waals surface area (Å²) < 4.78 is 0. The van der Waals surface area contributed by atoms with Crippen molar-refractivity contribution in [3.63, 3.8) is 0 Å². The minimum atomic E-state index is 0.399. The fraction of sp³-hybridized carbons (Fsp3) is 0.733. The van der Waals surface area contributed by atoms with Crippen molar-refractivity contribution >= 4 is 11.6 Å². The zero-order valence-corrected chi connectivity index (χ0v) is 12.4. The Hall–Kier alpha value is -0.630. The van der Waals surface area contributed by atoms with Crippen LogP contribution in [0.1, 0.15) is 69.5 Å². The van der Waals surface area contributed by atoms with E-state index >= 15 is 0 Å². The molecule has 1 aromatic heterocycles. The van der Waals surface area contributed by atoms with Crippen molar-refractivity contribution in [1.29, 1.82) is 0 Å². The quantitative estimate of drug-likeness (QED) is 0.593. The summed E-state index contributed by atoms with van der Waals surface area (Å²) in [4.78, 5) is 9.33. The van der Waals surface area contributed by atoms with Gasteiger partial charge in [0, 0.05) is 17.2 Å². The van der Waals surface area contributed by atoms with E-state index in [1.807, 2.05) is 0 Å². The van der Waals surface area contributed by atoms with Crippen LogP contribution in [0.4, 0.5) is 0 Å². The Morgan fingerprint density at radius 2 is 1.78 bits per heavy atom. The molecule has 1 aliphatic carbocycles. The fourth-order valence-corrected chi connectivity index (χ4v) is 3.07. The summed E-state index contributed by atoms with van der Waals surface area (Å²) in [6.07, 6.45) is 6.97. The monoisotopic (exact) mass is 266 g/mol. The van der Waals surface area contributed by atoms with Gasteiger partial charge in [-0.05, 0) is 38.0 Å². The molecule has 18 heavy (non-hydrogen) atoms. The molecular weight excluding hydrogens is 244 g/mol. The third-order valence-electron chi connectivity index (χ3n) is 3.67. The van der Waals surface area contributed by atoms with Gasteiger partial charge >= 0.3 is 0 Å². The van der Waals surface area contributed by atoms with Gasteiger partial charge in [-0.1, -0.05) is 38.8 Å². The molecule has 0 aromatic carbocycles. The van der Waals surface area contributed by atoms with Crippen LogP contribution >= 0.6 is 11.6 Å². The molecule has 100 valence electrons. The van der Waals surface area contributed by atoms with E-state index in [-0.39, 0.29) is 0 Å². The molecule has 1 aliphatic rings. The Balaban J connectivity index is 2.28. The topological polar surface area (TPSA) is 25.8 Å². The van der Waals surface area contributed by atoms with E-state index in [2.05, 4.69) is 25.8 Å². The molecule has 1 heterocycles. The van der Waals surface area contributed by atoms with Crippen LogP contribution in [-0.4, -0.2) is 9.97 Å². The van der Waals surface area contributed by atoms with E-state index in [4.69, 9.17) is 16.6 Å². The molecule has 0 saturated carbocycles. The maximum absolute atomic E-state index is 6.35. The van der Waals surface area contributed by atoms with Crippen molar-refractivity contribution in [3.8, 4) is 0 Å². The van der Waals surface area contributed by atoms with Gasteiger partial charge in [0.1, 0.15) is 11.0 Å². The zero-order valence-electron chi connectivity index (χ0n) is 11.7. The van der Waals surface area contributed by atoms with Gasteiger partial charge in [-0.25, -0.2) is 9.97 Å².